The molecule has 1 heterocycles. The average molecular weight is 270 g/mol. The monoisotopic (exact) mass is 270 g/mol. The third kappa shape index (κ3) is 2.82. The topological polar surface area (TPSA) is 125 Å². The number of aliphatic hydroxyl groups excluding tert-OH is 3. The fourth-order valence-corrected chi connectivity index (χ4v) is 1.84. The summed E-state index contributed by atoms with van der Waals surface area (Å²) >= 11 is 0. The smallest absolute Gasteiger partial charge is 0.292 e. The number of hydrogen-bond donors (Lipinski definition) is 4. The maximum Gasteiger partial charge on any atom is 0.292 e. The van der Waals surface area contributed by atoms with Crippen molar-refractivity contribution in [2.75, 3.05) is 11.9 Å². The quantitative estimate of drug-likeness (QED) is 0.428. The van der Waals surface area contributed by atoms with Gasteiger partial charge in [0.2, 0.25) is 0 Å². The molecule has 4 N–H and O–H groups in total. The number of hydrogen-bond acceptors (Lipinski definition) is 7. The zero-order valence-electron chi connectivity index (χ0n) is 9.84. The van der Waals surface area contributed by atoms with Gasteiger partial charge >= 0.3 is 0 Å². The van der Waals surface area contributed by atoms with E-state index < -0.39 is 29.5 Å². The largest absolute Gasteiger partial charge is 0.388 e. The van der Waals surface area contributed by atoms with Crippen LogP contribution < -0.4 is 5.32 Å². The minimum Gasteiger partial charge on any atom is -0.388 e. The van der Waals surface area contributed by atoms with E-state index in [1.165, 1.54) is 18.2 Å². The van der Waals surface area contributed by atoms with Gasteiger partial charge in [-0.05, 0) is 6.07 Å². The first-order valence-electron chi connectivity index (χ1n) is 5.66. The molecule has 1 aromatic carbocycles. The fraction of sp³-hybridized carbons (Fsp3) is 0.455. The van der Waals surface area contributed by atoms with Crippen molar-refractivity contribution in [3.63, 3.8) is 0 Å². The summed E-state index contributed by atoms with van der Waals surface area (Å²) in [5.74, 6) is 0. The van der Waals surface area contributed by atoms with Crippen LogP contribution in [-0.4, -0.2) is 51.4 Å². The van der Waals surface area contributed by atoms with Gasteiger partial charge in [0.1, 0.15) is 24.0 Å². The van der Waals surface area contributed by atoms with Crippen molar-refractivity contribution in [2.45, 2.75) is 24.5 Å². The Labute approximate surface area is 108 Å². The molecule has 0 aromatic heterocycles. The molecule has 1 fully saturated rings. The molecule has 104 valence electrons. The first-order valence-corrected chi connectivity index (χ1v) is 5.66. The number of nitrogens with one attached hydrogen (secondary N) is 1. The predicted octanol–water partition coefficient (Wildman–Crippen LogP) is -0.554. The van der Waals surface area contributed by atoms with Crippen molar-refractivity contribution in [1.82, 2.24) is 0 Å². The average Bonchev–Trinajstić information content (AvgIpc) is 2.40. The van der Waals surface area contributed by atoms with Gasteiger partial charge in [0.15, 0.2) is 6.23 Å². The summed E-state index contributed by atoms with van der Waals surface area (Å²) in [6.07, 6.45) is -4.96. The fourth-order valence-electron chi connectivity index (χ4n) is 1.84. The molecule has 1 aromatic rings. The van der Waals surface area contributed by atoms with Gasteiger partial charge in [-0.15, -0.1) is 0 Å². The number of nitro groups is 1. The summed E-state index contributed by atoms with van der Waals surface area (Å²) in [6, 6.07) is 5.88. The number of nitrogens with zero attached hydrogens (tertiary/aromatic N) is 1. The molecule has 0 amide bonds. The molecular formula is C11H14N2O6. The Balaban J connectivity index is 2.15. The van der Waals surface area contributed by atoms with Crippen LogP contribution in [0.15, 0.2) is 24.3 Å². The molecule has 8 heteroatoms. The van der Waals surface area contributed by atoms with Crippen LogP contribution in [0.2, 0.25) is 0 Å². The second-order valence-electron chi connectivity index (χ2n) is 4.22. The van der Waals surface area contributed by atoms with Gasteiger partial charge in [-0.25, -0.2) is 0 Å². The van der Waals surface area contributed by atoms with Gasteiger partial charge in [0, 0.05) is 6.07 Å². The number of para-hydroxylation sites is 2. The Kier molecular flexibility index (Phi) is 3.96. The zero-order chi connectivity index (χ0) is 14.0. The van der Waals surface area contributed by atoms with Gasteiger partial charge in [0.05, 0.1) is 11.5 Å². The molecule has 0 radical (unpaired) electrons. The van der Waals surface area contributed by atoms with E-state index in [-0.39, 0.29) is 18.0 Å². The molecule has 19 heavy (non-hydrogen) atoms. The second-order valence-corrected chi connectivity index (χ2v) is 4.22. The van der Waals surface area contributed by atoms with Gasteiger partial charge in [-0.2, -0.15) is 0 Å². The van der Waals surface area contributed by atoms with E-state index in [2.05, 4.69) is 5.32 Å². The highest BCUT2D eigenvalue weighted by molar-refractivity contribution is 5.61. The standard InChI is InChI=1S/C11H14N2O6/c14-8-5-19-11(10(16)9(8)15)12-6-3-1-2-4-7(6)13(17)18/h1-4,8-12,14-16H,5H2/t8-,9+,10-,11-/m0/s1. The summed E-state index contributed by atoms with van der Waals surface area (Å²) < 4.78 is 5.12. The van der Waals surface area contributed by atoms with Crippen LogP contribution in [0.25, 0.3) is 0 Å². The number of anilines is 1. The highest BCUT2D eigenvalue weighted by Gasteiger charge is 2.38. The number of aliphatic hydroxyl groups is 3. The Morgan fingerprint density at radius 2 is 1.95 bits per heavy atom. The van der Waals surface area contributed by atoms with Crippen molar-refractivity contribution in [1.29, 1.82) is 0 Å². The molecule has 0 unspecified atom stereocenters. The van der Waals surface area contributed by atoms with E-state index in [0.29, 0.717) is 0 Å². The van der Waals surface area contributed by atoms with Gasteiger partial charge < -0.3 is 25.4 Å². The lowest BCUT2D eigenvalue weighted by Crippen LogP contribution is -2.55. The van der Waals surface area contributed by atoms with E-state index in [4.69, 9.17) is 4.74 Å². The second kappa shape index (κ2) is 5.49. The lowest BCUT2D eigenvalue weighted by molar-refractivity contribution is -0.384. The first kappa shape index (κ1) is 13.7. The number of benzene rings is 1. The Hall–Kier alpha value is -1.74. The van der Waals surface area contributed by atoms with Crippen LogP contribution in [0.5, 0.6) is 0 Å². The summed E-state index contributed by atoms with van der Waals surface area (Å²) in [5, 5.41) is 42.0. The van der Waals surface area contributed by atoms with Gasteiger partial charge in [0.25, 0.3) is 5.69 Å². The molecule has 1 aliphatic heterocycles. The molecule has 1 aliphatic rings. The SMILES string of the molecule is O=[N+]([O-])c1ccccc1N[C@H]1OC[C@H](O)[C@@H](O)[C@@H]1O. The van der Waals surface area contributed by atoms with E-state index in [0.717, 1.165) is 0 Å². The van der Waals surface area contributed by atoms with Crippen LogP contribution in [0.3, 0.4) is 0 Å². The third-order valence-electron chi connectivity index (χ3n) is 2.90. The van der Waals surface area contributed by atoms with Crippen LogP contribution >= 0.6 is 0 Å². The first-order chi connectivity index (χ1) is 9.00. The van der Waals surface area contributed by atoms with Gasteiger partial charge in [-0.3, -0.25) is 10.1 Å². The number of nitro benzene ring substituents is 1. The summed E-state index contributed by atoms with van der Waals surface area (Å²) in [7, 11) is 0. The normalized spacial score (nSPS) is 30.9. The Bertz CT molecular complexity index is 468. The molecule has 2 rings (SSSR count). The van der Waals surface area contributed by atoms with E-state index in [9.17, 15) is 25.4 Å². The molecule has 0 bridgehead atoms. The molecule has 8 nitrogen and oxygen atoms in total. The lowest BCUT2D eigenvalue weighted by Gasteiger charge is -2.35. The minimum atomic E-state index is -1.39. The summed E-state index contributed by atoms with van der Waals surface area (Å²) in [4.78, 5) is 10.3. The highest BCUT2D eigenvalue weighted by Crippen LogP contribution is 2.26. The van der Waals surface area contributed by atoms with Crippen LogP contribution in [-0.2, 0) is 4.74 Å². The molecule has 0 saturated carbocycles. The zero-order valence-corrected chi connectivity index (χ0v) is 9.84. The summed E-state index contributed by atoms with van der Waals surface area (Å²) in [5.41, 5.74) is -0.000878. The van der Waals surface area contributed by atoms with Crippen molar-refractivity contribution >= 4 is 11.4 Å². The maximum atomic E-state index is 10.8. The highest BCUT2D eigenvalue weighted by atomic mass is 16.6. The van der Waals surface area contributed by atoms with Crippen LogP contribution in [0.1, 0.15) is 0 Å². The predicted molar refractivity (Wildman–Crippen MR) is 64.5 cm³/mol. The van der Waals surface area contributed by atoms with E-state index >= 15 is 0 Å². The molecule has 1 saturated heterocycles. The third-order valence-corrected chi connectivity index (χ3v) is 2.90. The Morgan fingerprint density at radius 3 is 2.63 bits per heavy atom. The maximum absolute atomic E-state index is 10.8. The van der Waals surface area contributed by atoms with Crippen LogP contribution in [0.4, 0.5) is 11.4 Å². The molecular weight excluding hydrogens is 256 g/mol. The molecule has 0 spiro atoms. The van der Waals surface area contributed by atoms with Crippen molar-refractivity contribution in [2.24, 2.45) is 0 Å². The number of rotatable bonds is 3. The van der Waals surface area contributed by atoms with Crippen molar-refractivity contribution in [3.05, 3.63) is 34.4 Å². The summed E-state index contributed by atoms with van der Waals surface area (Å²) in [6.45, 7) is -0.170. The van der Waals surface area contributed by atoms with Gasteiger partial charge in [-0.1, -0.05) is 12.1 Å². The molecule has 4 atom stereocenters. The van der Waals surface area contributed by atoms with E-state index in [1.54, 1.807) is 6.07 Å². The van der Waals surface area contributed by atoms with Crippen LogP contribution in [0, 0.1) is 10.1 Å². The Morgan fingerprint density at radius 1 is 1.26 bits per heavy atom. The molecule has 0 aliphatic carbocycles. The number of ether oxygens (including phenoxy) is 1. The minimum absolute atomic E-state index is 0.167. The lowest BCUT2D eigenvalue weighted by atomic mass is 10.0. The van der Waals surface area contributed by atoms with E-state index in [1.807, 2.05) is 0 Å². The van der Waals surface area contributed by atoms with Crippen molar-refractivity contribution in [3.8, 4) is 0 Å². The van der Waals surface area contributed by atoms with Crippen molar-refractivity contribution < 1.29 is 25.0 Å².